The minimum atomic E-state index is -0.867. The Hall–Kier alpha value is -3.84. The van der Waals surface area contributed by atoms with E-state index in [9.17, 15) is 19.8 Å². The van der Waals surface area contributed by atoms with Crippen molar-refractivity contribution in [1.82, 2.24) is 9.80 Å². The molecule has 0 unspecified atom stereocenters. The fourth-order valence-electron chi connectivity index (χ4n) is 4.11. The normalized spacial score (nSPS) is 22.4. The number of carbonyl (C=O) groups is 2. The monoisotopic (exact) mass is 524 g/mol. The quantitative estimate of drug-likeness (QED) is 0.315. The van der Waals surface area contributed by atoms with E-state index >= 15 is 0 Å². The van der Waals surface area contributed by atoms with Crippen LogP contribution in [0, 0.1) is 5.92 Å². The number of nitrogens with zero attached hydrogens (tertiary/aromatic N) is 4. The summed E-state index contributed by atoms with van der Waals surface area (Å²) in [5.41, 5.74) is 3.46. The van der Waals surface area contributed by atoms with Crippen LogP contribution in [0.15, 0.2) is 58.7 Å². The molecule has 1 aromatic carbocycles. The molecule has 1 heterocycles. The Morgan fingerprint density at radius 3 is 2.53 bits per heavy atom. The predicted molar refractivity (Wildman–Crippen MR) is 151 cm³/mol. The molecule has 1 aromatic rings. The highest BCUT2D eigenvalue weighted by molar-refractivity contribution is 5.95. The van der Waals surface area contributed by atoms with Gasteiger partial charge in [0.25, 0.3) is 0 Å². The molecule has 9 nitrogen and oxygen atoms in total. The van der Waals surface area contributed by atoms with Gasteiger partial charge in [0.1, 0.15) is 30.5 Å². The van der Waals surface area contributed by atoms with Gasteiger partial charge < -0.3 is 24.7 Å². The van der Waals surface area contributed by atoms with Crippen molar-refractivity contribution in [2.24, 2.45) is 15.9 Å². The molecule has 0 bridgehead atoms. The smallest absolute Gasteiger partial charge is 0.247 e. The lowest BCUT2D eigenvalue weighted by atomic mass is 9.99. The minimum Gasteiger partial charge on any atom is -0.495 e. The SMILES string of the molecule is C=C=CCOc1ccc(/C=C/C(O)=N[C@@H]2CCCCN=C(O)[C@H](C)N(C)C(=O)[C@H](C(C)C)N(C)C2=O)cc1. The topological polar surface area (TPSA) is 115 Å². The Balaban J connectivity index is 2.27. The fourth-order valence-corrected chi connectivity index (χ4v) is 4.11. The molecule has 1 aliphatic rings. The summed E-state index contributed by atoms with van der Waals surface area (Å²) >= 11 is 0. The van der Waals surface area contributed by atoms with Gasteiger partial charge in [0, 0.05) is 26.7 Å². The molecule has 0 spiro atoms. The molecule has 2 rings (SSSR count). The van der Waals surface area contributed by atoms with E-state index in [1.807, 2.05) is 26.0 Å². The molecule has 0 aromatic heterocycles. The Kier molecular flexibility index (Phi) is 11.8. The summed E-state index contributed by atoms with van der Waals surface area (Å²) in [5.74, 6) is -0.542. The third-order valence-electron chi connectivity index (χ3n) is 6.47. The van der Waals surface area contributed by atoms with E-state index in [-0.39, 0.29) is 29.5 Å². The molecule has 206 valence electrons. The summed E-state index contributed by atoms with van der Waals surface area (Å²) in [6.07, 6.45) is 6.41. The van der Waals surface area contributed by atoms with Gasteiger partial charge >= 0.3 is 0 Å². The first-order valence-electron chi connectivity index (χ1n) is 12.9. The van der Waals surface area contributed by atoms with Gasteiger partial charge in [-0.05, 0) is 62.0 Å². The Labute approximate surface area is 225 Å². The Bertz CT molecular complexity index is 1090. The van der Waals surface area contributed by atoms with Crippen molar-refractivity contribution in [1.29, 1.82) is 0 Å². The summed E-state index contributed by atoms with van der Waals surface area (Å²) in [4.78, 5) is 38.2. The van der Waals surface area contributed by atoms with E-state index in [0.717, 1.165) is 5.56 Å². The highest BCUT2D eigenvalue weighted by atomic mass is 16.5. The number of ether oxygens (including phenoxy) is 1. The Morgan fingerprint density at radius 2 is 1.89 bits per heavy atom. The molecule has 2 amide bonds. The fraction of sp³-hybridized carbons (Fsp3) is 0.483. The summed E-state index contributed by atoms with van der Waals surface area (Å²) in [6, 6.07) is 5.04. The molecular formula is C29H40N4O5. The molecule has 0 saturated heterocycles. The molecule has 38 heavy (non-hydrogen) atoms. The van der Waals surface area contributed by atoms with Crippen LogP contribution >= 0.6 is 0 Å². The average molecular weight is 525 g/mol. The maximum atomic E-state index is 13.5. The third-order valence-corrected chi connectivity index (χ3v) is 6.47. The minimum absolute atomic E-state index is 0.109. The first-order chi connectivity index (χ1) is 18.1. The molecule has 0 radical (unpaired) electrons. The van der Waals surface area contributed by atoms with Gasteiger partial charge in [-0.15, -0.1) is 5.73 Å². The van der Waals surface area contributed by atoms with Crippen LogP contribution in [0.2, 0.25) is 0 Å². The van der Waals surface area contributed by atoms with E-state index in [2.05, 4.69) is 22.3 Å². The van der Waals surface area contributed by atoms with Gasteiger partial charge in [0.2, 0.25) is 23.6 Å². The molecule has 9 heteroatoms. The maximum absolute atomic E-state index is 13.5. The van der Waals surface area contributed by atoms with Crippen LogP contribution in [0.25, 0.3) is 6.08 Å². The molecule has 0 aliphatic carbocycles. The predicted octanol–water partition coefficient (Wildman–Crippen LogP) is 4.22. The number of aliphatic hydroxyl groups excluding tert-OH is 2. The van der Waals surface area contributed by atoms with E-state index < -0.39 is 18.1 Å². The van der Waals surface area contributed by atoms with Crippen molar-refractivity contribution in [2.45, 2.75) is 58.2 Å². The number of rotatable bonds is 7. The lowest BCUT2D eigenvalue weighted by Gasteiger charge is -2.36. The standard InChI is InChI=1S/C29H40N4O5/c1-7-8-19-38-23-15-12-22(13-16-23)14-17-25(34)31-24-11-9-10-18-30-27(35)21(4)32(5)29(37)26(20(2)3)33(6)28(24)36/h8,12-17,20-21,24,26H,1,9-11,18-19H2,2-6H3,(H,30,35)(H,31,34)/b17-14+/t21-,24+,26-/m0/s1. The van der Waals surface area contributed by atoms with Gasteiger partial charge in [-0.25, -0.2) is 4.99 Å². The number of hydrogen-bond donors (Lipinski definition) is 2. The van der Waals surface area contributed by atoms with Crippen molar-refractivity contribution < 1.29 is 24.5 Å². The van der Waals surface area contributed by atoms with Gasteiger partial charge in [-0.1, -0.05) is 32.6 Å². The summed E-state index contributed by atoms with van der Waals surface area (Å²) in [6.45, 7) is 9.66. The second kappa shape index (κ2) is 14.8. The molecule has 0 fully saturated rings. The summed E-state index contributed by atoms with van der Waals surface area (Å²) in [7, 11) is 3.18. The van der Waals surface area contributed by atoms with Crippen LogP contribution in [0.5, 0.6) is 5.75 Å². The highest BCUT2D eigenvalue weighted by Crippen LogP contribution is 2.19. The lowest BCUT2D eigenvalue weighted by Crippen LogP contribution is -2.55. The van der Waals surface area contributed by atoms with Crippen molar-refractivity contribution in [2.75, 3.05) is 27.2 Å². The van der Waals surface area contributed by atoms with Gasteiger partial charge in [-0.2, -0.15) is 0 Å². The number of aliphatic hydroxyl groups is 2. The van der Waals surface area contributed by atoms with Gasteiger partial charge in [0.15, 0.2) is 0 Å². The van der Waals surface area contributed by atoms with Crippen LogP contribution in [-0.2, 0) is 9.59 Å². The van der Waals surface area contributed by atoms with E-state index in [1.54, 1.807) is 45.3 Å². The van der Waals surface area contributed by atoms with Crippen LogP contribution in [0.4, 0.5) is 0 Å². The molecule has 2 N–H and O–H groups in total. The maximum Gasteiger partial charge on any atom is 0.247 e. The van der Waals surface area contributed by atoms with Crippen molar-refractivity contribution in [3.8, 4) is 5.75 Å². The Morgan fingerprint density at radius 1 is 1.21 bits per heavy atom. The lowest BCUT2D eigenvalue weighted by molar-refractivity contribution is -0.146. The zero-order chi connectivity index (χ0) is 28.2. The van der Waals surface area contributed by atoms with Gasteiger partial charge in [0.05, 0.1) is 0 Å². The number of hydrogen-bond acceptors (Lipinski definition) is 5. The number of amides is 2. The highest BCUT2D eigenvalue weighted by Gasteiger charge is 2.36. The van der Waals surface area contributed by atoms with Crippen molar-refractivity contribution in [3.05, 3.63) is 54.3 Å². The van der Waals surface area contributed by atoms with Crippen LogP contribution in [0.1, 0.15) is 45.6 Å². The summed E-state index contributed by atoms with van der Waals surface area (Å²) < 4.78 is 5.52. The molecular weight excluding hydrogens is 484 g/mol. The summed E-state index contributed by atoms with van der Waals surface area (Å²) in [5, 5.41) is 20.9. The van der Waals surface area contributed by atoms with Crippen LogP contribution in [0.3, 0.4) is 0 Å². The average Bonchev–Trinajstić information content (AvgIpc) is 2.90. The second-order valence-electron chi connectivity index (χ2n) is 9.62. The van der Waals surface area contributed by atoms with E-state index in [0.29, 0.717) is 38.2 Å². The number of carbonyl (C=O) groups excluding carboxylic acids is 2. The zero-order valence-corrected chi connectivity index (χ0v) is 23.0. The first-order valence-corrected chi connectivity index (χ1v) is 12.9. The van der Waals surface area contributed by atoms with Crippen LogP contribution < -0.4 is 4.74 Å². The van der Waals surface area contributed by atoms with Crippen LogP contribution in [-0.4, -0.2) is 89.0 Å². The zero-order valence-electron chi connectivity index (χ0n) is 23.0. The number of likely N-dealkylation sites (N-methyl/N-ethyl adjacent to an activating group) is 2. The molecule has 0 saturated carbocycles. The van der Waals surface area contributed by atoms with E-state index in [1.165, 1.54) is 15.9 Å². The number of aliphatic imine (C=N–C) groups is 2. The molecule has 3 atom stereocenters. The molecule has 1 aliphatic heterocycles. The number of benzene rings is 1. The second-order valence-corrected chi connectivity index (χ2v) is 9.62. The van der Waals surface area contributed by atoms with Crippen molar-refractivity contribution >= 4 is 29.7 Å². The van der Waals surface area contributed by atoms with Gasteiger partial charge in [-0.3, -0.25) is 14.6 Å². The van der Waals surface area contributed by atoms with E-state index in [4.69, 9.17) is 4.74 Å². The largest absolute Gasteiger partial charge is 0.495 e. The van der Waals surface area contributed by atoms with Crippen molar-refractivity contribution in [3.63, 3.8) is 0 Å². The first kappa shape index (κ1) is 30.4. The third kappa shape index (κ3) is 8.63.